The lowest BCUT2D eigenvalue weighted by atomic mass is 10.7. The molecule has 0 spiro atoms. The van der Waals surface area contributed by atoms with Crippen molar-refractivity contribution in [2.75, 3.05) is 5.75 Å². The van der Waals surface area contributed by atoms with Crippen LogP contribution in [0.15, 0.2) is 11.2 Å². The first-order valence-electron chi connectivity index (χ1n) is 2.39. The molecule has 0 aliphatic heterocycles. The molecule has 0 aliphatic carbocycles. The summed E-state index contributed by atoms with van der Waals surface area (Å²) in [5.41, 5.74) is 0. The van der Waals surface area contributed by atoms with Gasteiger partial charge < -0.3 is 0 Å². The van der Waals surface area contributed by atoms with E-state index in [4.69, 9.17) is 9.11 Å². The standard InChI is InChI=1S/C3H5FO6S2/c4-3(1-11(5,6)7)2-12(8,9)10/h1H,2H2,(H,5,6,7)(H,8,9,10). The third kappa shape index (κ3) is 7.60. The summed E-state index contributed by atoms with van der Waals surface area (Å²) in [7, 11) is -9.32. The smallest absolute Gasteiger partial charge is 0.285 e. The van der Waals surface area contributed by atoms with Crippen molar-refractivity contribution >= 4 is 20.2 Å². The van der Waals surface area contributed by atoms with Gasteiger partial charge in [0.1, 0.15) is 11.6 Å². The molecule has 0 saturated heterocycles. The maximum atomic E-state index is 12.2. The number of halogens is 1. The molecule has 0 bridgehead atoms. The quantitative estimate of drug-likeness (QED) is 0.625. The van der Waals surface area contributed by atoms with E-state index < -0.39 is 31.8 Å². The summed E-state index contributed by atoms with van der Waals surface area (Å²) in [6.45, 7) is 0. The molecule has 0 heterocycles. The van der Waals surface area contributed by atoms with Crippen LogP contribution in [0, 0.1) is 0 Å². The van der Waals surface area contributed by atoms with Gasteiger partial charge in [0.25, 0.3) is 20.2 Å². The highest BCUT2D eigenvalue weighted by atomic mass is 32.2. The van der Waals surface area contributed by atoms with E-state index in [1.54, 1.807) is 0 Å². The lowest BCUT2D eigenvalue weighted by Crippen LogP contribution is -2.05. The van der Waals surface area contributed by atoms with Gasteiger partial charge in [0.2, 0.25) is 0 Å². The van der Waals surface area contributed by atoms with Gasteiger partial charge >= 0.3 is 0 Å². The minimum atomic E-state index is -4.71. The van der Waals surface area contributed by atoms with E-state index in [9.17, 15) is 21.2 Å². The van der Waals surface area contributed by atoms with Crippen molar-refractivity contribution in [3.63, 3.8) is 0 Å². The fourth-order valence-corrected chi connectivity index (χ4v) is 1.31. The number of hydrogen-bond acceptors (Lipinski definition) is 4. The summed E-state index contributed by atoms with van der Waals surface area (Å²) in [5.74, 6) is -3.15. The van der Waals surface area contributed by atoms with E-state index in [-0.39, 0.29) is 5.41 Å². The molecule has 0 radical (unpaired) electrons. The van der Waals surface area contributed by atoms with Crippen LogP contribution in [0.1, 0.15) is 0 Å². The van der Waals surface area contributed by atoms with Gasteiger partial charge in [0.15, 0.2) is 0 Å². The van der Waals surface area contributed by atoms with Crippen molar-refractivity contribution in [1.29, 1.82) is 0 Å². The Hall–Kier alpha value is -0.510. The number of rotatable bonds is 3. The summed E-state index contributed by atoms with van der Waals surface area (Å²) >= 11 is 0. The molecular weight excluding hydrogens is 215 g/mol. The van der Waals surface area contributed by atoms with E-state index in [1.807, 2.05) is 0 Å². The van der Waals surface area contributed by atoms with Crippen LogP contribution in [-0.2, 0) is 20.2 Å². The molecule has 0 rings (SSSR count). The van der Waals surface area contributed by atoms with Crippen LogP contribution in [0.2, 0.25) is 0 Å². The van der Waals surface area contributed by atoms with Crippen LogP contribution >= 0.6 is 0 Å². The van der Waals surface area contributed by atoms with Gasteiger partial charge in [-0.2, -0.15) is 16.8 Å². The van der Waals surface area contributed by atoms with Crippen molar-refractivity contribution in [3.05, 3.63) is 11.2 Å². The van der Waals surface area contributed by atoms with Gasteiger partial charge in [-0.15, -0.1) is 0 Å². The van der Waals surface area contributed by atoms with Crippen molar-refractivity contribution in [1.82, 2.24) is 0 Å². The van der Waals surface area contributed by atoms with E-state index in [0.29, 0.717) is 0 Å². The highest BCUT2D eigenvalue weighted by molar-refractivity contribution is 7.89. The Morgan fingerprint density at radius 3 is 1.92 bits per heavy atom. The Balaban J connectivity index is 4.67. The molecular formula is C3H5FO6S2. The minimum Gasteiger partial charge on any atom is -0.285 e. The molecule has 0 aromatic heterocycles. The predicted molar refractivity (Wildman–Crippen MR) is 37.2 cm³/mol. The molecule has 12 heavy (non-hydrogen) atoms. The van der Waals surface area contributed by atoms with E-state index >= 15 is 0 Å². The van der Waals surface area contributed by atoms with Gasteiger partial charge in [-0.25, -0.2) is 4.39 Å². The fraction of sp³-hybridized carbons (Fsp3) is 0.333. The third-order valence-electron chi connectivity index (χ3n) is 0.597. The average Bonchev–Trinajstić information content (AvgIpc) is 1.49. The van der Waals surface area contributed by atoms with Crippen LogP contribution in [0.4, 0.5) is 4.39 Å². The molecule has 0 atom stereocenters. The first-order chi connectivity index (χ1) is 5.10. The van der Waals surface area contributed by atoms with Crippen molar-refractivity contribution < 1.29 is 30.3 Å². The topological polar surface area (TPSA) is 109 Å². The molecule has 0 aliphatic rings. The Bertz CT molecular complexity index is 375. The summed E-state index contributed by atoms with van der Waals surface area (Å²) in [6, 6.07) is 0. The summed E-state index contributed by atoms with van der Waals surface area (Å²) in [5, 5.41) is -0.305. The summed E-state index contributed by atoms with van der Waals surface area (Å²) in [4.78, 5) is 0. The second-order valence-electron chi connectivity index (χ2n) is 1.81. The first kappa shape index (κ1) is 11.5. The van der Waals surface area contributed by atoms with Gasteiger partial charge in [0.05, 0.1) is 5.41 Å². The van der Waals surface area contributed by atoms with Crippen molar-refractivity contribution in [3.8, 4) is 0 Å². The fourth-order valence-electron chi connectivity index (χ4n) is 0.370. The molecule has 9 heteroatoms. The highest BCUT2D eigenvalue weighted by Gasteiger charge is 2.11. The normalized spacial score (nSPS) is 14.8. The largest absolute Gasteiger partial charge is 0.290 e. The molecule has 2 N–H and O–H groups in total. The van der Waals surface area contributed by atoms with Crippen molar-refractivity contribution in [2.45, 2.75) is 0 Å². The SMILES string of the molecule is O=S(=O)(O)C=C(F)CS(=O)(=O)O. The lowest BCUT2D eigenvalue weighted by molar-refractivity contribution is 0.479. The number of hydrogen-bond donors (Lipinski definition) is 2. The van der Waals surface area contributed by atoms with Crippen LogP contribution in [0.3, 0.4) is 0 Å². The lowest BCUT2D eigenvalue weighted by Gasteiger charge is -1.91. The summed E-state index contributed by atoms with van der Waals surface area (Å²) < 4.78 is 67.8. The Kier molecular flexibility index (Phi) is 3.33. The molecule has 6 nitrogen and oxygen atoms in total. The maximum Gasteiger partial charge on any atom is 0.290 e. The van der Waals surface area contributed by atoms with E-state index in [0.717, 1.165) is 0 Å². The molecule has 0 amide bonds. The van der Waals surface area contributed by atoms with Gasteiger partial charge in [0, 0.05) is 0 Å². The van der Waals surface area contributed by atoms with Crippen molar-refractivity contribution in [2.24, 2.45) is 0 Å². The zero-order valence-electron chi connectivity index (χ0n) is 5.51. The van der Waals surface area contributed by atoms with Crippen LogP contribution < -0.4 is 0 Å². The van der Waals surface area contributed by atoms with E-state index in [2.05, 4.69) is 0 Å². The van der Waals surface area contributed by atoms with Crippen LogP contribution in [-0.4, -0.2) is 31.7 Å². The zero-order chi connectivity index (χ0) is 9.99. The molecule has 0 saturated carbocycles. The molecule has 0 aromatic rings. The zero-order valence-corrected chi connectivity index (χ0v) is 7.14. The predicted octanol–water partition coefficient (Wildman–Crippen LogP) is -0.427. The Morgan fingerprint density at radius 2 is 1.67 bits per heavy atom. The Morgan fingerprint density at radius 1 is 1.25 bits per heavy atom. The third-order valence-corrected chi connectivity index (χ3v) is 1.79. The highest BCUT2D eigenvalue weighted by Crippen LogP contribution is 2.02. The molecule has 0 aromatic carbocycles. The second kappa shape index (κ2) is 3.47. The van der Waals surface area contributed by atoms with Gasteiger partial charge in [-0.1, -0.05) is 0 Å². The second-order valence-corrected chi connectivity index (χ2v) is 4.52. The average molecular weight is 220 g/mol. The molecule has 0 unspecified atom stereocenters. The van der Waals surface area contributed by atoms with E-state index in [1.165, 1.54) is 0 Å². The maximum absolute atomic E-state index is 12.2. The first-order valence-corrected chi connectivity index (χ1v) is 5.50. The van der Waals surface area contributed by atoms with Crippen LogP contribution in [0.5, 0.6) is 0 Å². The van der Waals surface area contributed by atoms with Gasteiger partial charge in [-0.05, 0) is 0 Å². The Labute approximate surface area is 68.2 Å². The molecule has 72 valence electrons. The van der Waals surface area contributed by atoms with Crippen LogP contribution in [0.25, 0.3) is 0 Å². The monoisotopic (exact) mass is 220 g/mol. The van der Waals surface area contributed by atoms with Gasteiger partial charge in [-0.3, -0.25) is 9.11 Å². The summed E-state index contributed by atoms with van der Waals surface area (Å²) in [6.07, 6.45) is 0. The molecule has 0 fully saturated rings. The minimum absolute atomic E-state index is 0.305.